The summed E-state index contributed by atoms with van der Waals surface area (Å²) in [5.41, 5.74) is 1.49. The number of nitrogens with zero attached hydrogens (tertiary/aromatic N) is 2. The number of phenols is 1. The van der Waals surface area contributed by atoms with Gasteiger partial charge in [0.25, 0.3) is 5.91 Å². The highest BCUT2D eigenvalue weighted by molar-refractivity contribution is 9.10. The Morgan fingerprint density at radius 1 is 1.03 bits per heavy atom. The Labute approximate surface area is 207 Å². The number of anilines is 1. The molecular formula is C25H22BrF3N4O2. The number of hydrogen-bond acceptors (Lipinski definition) is 4. The van der Waals surface area contributed by atoms with Crippen molar-refractivity contribution >= 4 is 33.2 Å². The van der Waals surface area contributed by atoms with Crippen LogP contribution >= 0.6 is 15.9 Å². The average Bonchev–Trinajstić information content (AvgIpc) is 3.21. The number of aromatic nitrogens is 2. The largest absolute Gasteiger partial charge is 0.507 e. The Kier molecular flexibility index (Phi) is 7.30. The summed E-state index contributed by atoms with van der Waals surface area (Å²) in [4.78, 5) is 12.2. The quantitative estimate of drug-likeness (QED) is 0.233. The van der Waals surface area contributed by atoms with Gasteiger partial charge in [-0.25, -0.2) is 4.52 Å². The van der Waals surface area contributed by atoms with E-state index in [1.807, 2.05) is 24.3 Å². The van der Waals surface area contributed by atoms with Crippen molar-refractivity contribution in [2.45, 2.75) is 19.0 Å². The summed E-state index contributed by atoms with van der Waals surface area (Å²) in [7, 11) is 0. The molecule has 0 bridgehead atoms. The Hall–Kier alpha value is -3.53. The number of hydrogen-bond donors (Lipinski definition) is 3. The predicted octanol–water partition coefficient (Wildman–Crippen LogP) is 6.11. The molecule has 2 aromatic heterocycles. The Balaban J connectivity index is 1.34. The third kappa shape index (κ3) is 5.76. The number of fused-ring (bicyclic) bond motifs is 1. The van der Waals surface area contributed by atoms with E-state index in [4.69, 9.17) is 0 Å². The molecule has 0 fully saturated rings. The number of halogens is 4. The van der Waals surface area contributed by atoms with E-state index >= 15 is 0 Å². The molecule has 1 amide bonds. The lowest BCUT2D eigenvalue weighted by molar-refractivity contribution is -0.137. The lowest BCUT2D eigenvalue weighted by atomic mass is 10.1. The van der Waals surface area contributed by atoms with Gasteiger partial charge in [-0.05, 0) is 70.7 Å². The molecule has 2 heterocycles. The molecule has 182 valence electrons. The van der Waals surface area contributed by atoms with E-state index < -0.39 is 17.6 Å². The van der Waals surface area contributed by atoms with Crippen LogP contribution in [0.5, 0.6) is 5.75 Å². The summed E-state index contributed by atoms with van der Waals surface area (Å²) < 4.78 is 41.1. The van der Waals surface area contributed by atoms with Crippen LogP contribution in [0.25, 0.3) is 16.6 Å². The standard InChI is InChI=1S/C25H22BrF3N4O2/c26-20-15-32-33-21(20)13-17(19-8-1-2-9-22(19)34)14-23(33)30-10-3-4-11-31-24(35)16-6-5-7-18(12-16)25(27,28)29/h1-2,5-9,12-15,30,34H,3-4,10-11H2,(H,31,35). The highest BCUT2D eigenvalue weighted by Gasteiger charge is 2.30. The zero-order valence-corrected chi connectivity index (χ0v) is 20.0. The minimum atomic E-state index is -4.49. The molecule has 0 unspecified atom stereocenters. The second kappa shape index (κ2) is 10.4. The number of phenolic OH excluding ortho intramolecular Hbond substituents is 1. The summed E-state index contributed by atoms with van der Waals surface area (Å²) in [6, 6.07) is 15.3. The number of aromatic hydroxyl groups is 1. The van der Waals surface area contributed by atoms with Crippen molar-refractivity contribution in [2.24, 2.45) is 0 Å². The number of alkyl halides is 3. The first kappa shape index (κ1) is 24.6. The molecule has 0 atom stereocenters. The molecule has 0 radical (unpaired) electrons. The highest BCUT2D eigenvalue weighted by Crippen LogP contribution is 2.33. The number of para-hydroxylation sites is 1. The van der Waals surface area contributed by atoms with E-state index in [0.29, 0.717) is 31.5 Å². The third-order valence-corrected chi connectivity index (χ3v) is 6.05. The smallest absolute Gasteiger partial charge is 0.416 e. The van der Waals surface area contributed by atoms with Gasteiger partial charge >= 0.3 is 6.18 Å². The maximum absolute atomic E-state index is 12.8. The van der Waals surface area contributed by atoms with E-state index in [9.17, 15) is 23.1 Å². The van der Waals surface area contributed by atoms with Crippen LogP contribution in [0.2, 0.25) is 0 Å². The molecule has 0 aliphatic rings. The van der Waals surface area contributed by atoms with Crippen molar-refractivity contribution < 1.29 is 23.1 Å². The first-order chi connectivity index (χ1) is 16.7. The Morgan fingerprint density at radius 3 is 2.57 bits per heavy atom. The summed E-state index contributed by atoms with van der Waals surface area (Å²) in [6.45, 7) is 0.910. The summed E-state index contributed by atoms with van der Waals surface area (Å²) >= 11 is 3.50. The summed E-state index contributed by atoms with van der Waals surface area (Å²) in [5, 5.41) is 20.6. The number of pyridine rings is 1. The zero-order valence-electron chi connectivity index (χ0n) is 18.4. The van der Waals surface area contributed by atoms with Gasteiger partial charge in [-0.2, -0.15) is 18.3 Å². The second-order valence-corrected chi connectivity index (χ2v) is 8.76. The zero-order chi connectivity index (χ0) is 25.0. The molecule has 3 N–H and O–H groups in total. The fourth-order valence-corrected chi connectivity index (χ4v) is 4.04. The number of benzene rings is 2. The van der Waals surface area contributed by atoms with Gasteiger partial charge in [0.2, 0.25) is 0 Å². The third-order valence-electron chi connectivity index (χ3n) is 5.43. The van der Waals surface area contributed by atoms with E-state index in [1.54, 1.807) is 22.8 Å². The van der Waals surface area contributed by atoms with Crippen molar-refractivity contribution in [1.29, 1.82) is 0 Å². The molecule has 0 saturated carbocycles. The van der Waals surface area contributed by atoms with E-state index in [-0.39, 0.29) is 11.3 Å². The minimum absolute atomic E-state index is 0.0226. The van der Waals surface area contributed by atoms with E-state index in [0.717, 1.165) is 33.5 Å². The van der Waals surface area contributed by atoms with Crippen molar-refractivity contribution in [3.8, 4) is 16.9 Å². The van der Waals surface area contributed by atoms with Crippen molar-refractivity contribution in [1.82, 2.24) is 14.9 Å². The number of amides is 1. The number of unbranched alkanes of at least 4 members (excludes halogenated alkanes) is 1. The van der Waals surface area contributed by atoms with Gasteiger partial charge in [-0.1, -0.05) is 24.3 Å². The molecule has 6 nitrogen and oxygen atoms in total. The molecule has 2 aromatic carbocycles. The second-order valence-electron chi connectivity index (χ2n) is 7.90. The molecule has 4 aromatic rings. The molecule has 0 aliphatic heterocycles. The Morgan fingerprint density at radius 2 is 1.80 bits per heavy atom. The molecule has 35 heavy (non-hydrogen) atoms. The molecule has 0 spiro atoms. The van der Waals surface area contributed by atoms with Gasteiger partial charge in [0.05, 0.1) is 21.7 Å². The van der Waals surface area contributed by atoms with Crippen LogP contribution in [-0.2, 0) is 6.18 Å². The maximum atomic E-state index is 12.8. The van der Waals surface area contributed by atoms with Crippen LogP contribution in [-0.4, -0.2) is 33.7 Å². The van der Waals surface area contributed by atoms with Crippen LogP contribution in [0, 0.1) is 0 Å². The first-order valence-corrected chi connectivity index (χ1v) is 11.7. The predicted molar refractivity (Wildman–Crippen MR) is 131 cm³/mol. The SMILES string of the molecule is O=C(NCCCCNc1cc(-c2ccccc2O)cc2c(Br)cnn12)c1cccc(C(F)(F)F)c1. The lowest BCUT2D eigenvalue weighted by Crippen LogP contribution is -2.25. The molecule has 4 rings (SSSR count). The van der Waals surface area contributed by atoms with Gasteiger partial charge in [0.1, 0.15) is 11.6 Å². The fourth-order valence-electron chi connectivity index (χ4n) is 3.66. The van der Waals surface area contributed by atoms with Crippen LogP contribution in [0.15, 0.2) is 71.3 Å². The minimum Gasteiger partial charge on any atom is -0.507 e. The average molecular weight is 547 g/mol. The Bertz CT molecular complexity index is 1350. The van der Waals surface area contributed by atoms with Crippen LogP contribution in [0.4, 0.5) is 19.0 Å². The van der Waals surface area contributed by atoms with E-state index in [2.05, 4.69) is 31.7 Å². The van der Waals surface area contributed by atoms with Gasteiger partial charge in [-0.3, -0.25) is 4.79 Å². The molecule has 0 saturated heterocycles. The normalized spacial score (nSPS) is 11.5. The number of nitrogens with one attached hydrogen (secondary N) is 2. The highest BCUT2D eigenvalue weighted by atomic mass is 79.9. The van der Waals surface area contributed by atoms with Crippen LogP contribution in [0.1, 0.15) is 28.8 Å². The monoisotopic (exact) mass is 546 g/mol. The van der Waals surface area contributed by atoms with Gasteiger partial charge < -0.3 is 15.7 Å². The lowest BCUT2D eigenvalue weighted by Gasteiger charge is -2.13. The van der Waals surface area contributed by atoms with E-state index in [1.165, 1.54) is 12.1 Å². The maximum Gasteiger partial charge on any atom is 0.416 e. The number of carbonyl (C=O) groups excluding carboxylic acids is 1. The van der Waals surface area contributed by atoms with Gasteiger partial charge in [0, 0.05) is 24.2 Å². The number of rotatable bonds is 8. The molecular weight excluding hydrogens is 525 g/mol. The summed E-state index contributed by atoms with van der Waals surface area (Å²) in [6.07, 6.45) is -1.47. The molecule has 0 aliphatic carbocycles. The van der Waals surface area contributed by atoms with Crippen molar-refractivity contribution in [3.05, 3.63) is 82.5 Å². The number of carbonyl (C=O) groups is 1. The van der Waals surface area contributed by atoms with Crippen molar-refractivity contribution in [3.63, 3.8) is 0 Å². The topological polar surface area (TPSA) is 78.7 Å². The molecule has 10 heteroatoms. The van der Waals surface area contributed by atoms with Crippen molar-refractivity contribution in [2.75, 3.05) is 18.4 Å². The van der Waals surface area contributed by atoms with Crippen LogP contribution < -0.4 is 10.6 Å². The fraction of sp³-hybridized carbons (Fsp3) is 0.200. The summed E-state index contributed by atoms with van der Waals surface area (Å²) in [5.74, 6) is 0.372. The first-order valence-electron chi connectivity index (χ1n) is 10.9. The van der Waals surface area contributed by atoms with Gasteiger partial charge in [0.15, 0.2) is 0 Å². The van der Waals surface area contributed by atoms with Gasteiger partial charge in [-0.15, -0.1) is 0 Å². The van der Waals surface area contributed by atoms with Crippen LogP contribution in [0.3, 0.4) is 0 Å².